The summed E-state index contributed by atoms with van der Waals surface area (Å²) in [6.07, 6.45) is 14.2. The van der Waals surface area contributed by atoms with Crippen LogP contribution in [0.4, 0.5) is 0 Å². The summed E-state index contributed by atoms with van der Waals surface area (Å²) in [5.41, 5.74) is 3.85. The van der Waals surface area contributed by atoms with Crippen LogP contribution in [-0.2, 0) is 0 Å². The fraction of sp³-hybridized carbons (Fsp3) is 1.00. The second kappa shape index (κ2) is 24.9. The van der Waals surface area contributed by atoms with E-state index in [9.17, 15) is 0 Å². The number of quaternary nitrogens is 1. The van der Waals surface area contributed by atoms with Crippen molar-refractivity contribution in [1.29, 1.82) is 0 Å². The summed E-state index contributed by atoms with van der Waals surface area (Å²) in [7, 11) is 0. The van der Waals surface area contributed by atoms with Crippen molar-refractivity contribution in [3.8, 4) is 0 Å². The van der Waals surface area contributed by atoms with Crippen LogP contribution in [0.2, 0.25) is 0 Å². The molecule has 0 spiro atoms. The Morgan fingerprint density at radius 3 is 1.19 bits per heavy atom. The molecule has 0 radical (unpaired) electrons. The molecule has 0 aliphatic carbocycles. The average molecular weight is 293 g/mol. The van der Waals surface area contributed by atoms with Gasteiger partial charge in [0.25, 0.3) is 0 Å². The van der Waals surface area contributed by atoms with Crippen LogP contribution in [0.25, 0.3) is 0 Å². The topological polar surface area (TPSA) is 27.6 Å². The van der Waals surface area contributed by atoms with Gasteiger partial charge in [-0.25, -0.2) is 0 Å². The van der Waals surface area contributed by atoms with Gasteiger partial charge in [0.15, 0.2) is 0 Å². The Labute approximate surface area is 121 Å². The minimum absolute atomic E-state index is 0. The molecule has 0 atom stereocenters. The van der Waals surface area contributed by atoms with Gasteiger partial charge >= 0.3 is 0 Å². The van der Waals surface area contributed by atoms with Gasteiger partial charge < -0.3 is 43.0 Å². The summed E-state index contributed by atoms with van der Waals surface area (Å²) in [6.45, 7) is 3.40. The van der Waals surface area contributed by atoms with Crippen LogP contribution in [0, 0.1) is 0 Å². The fourth-order valence-corrected chi connectivity index (χ4v) is 1.66. The van der Waals surface area contributed by atoms with E-state index in [1.165, 1.54) is 64.2 Å². The van der Waals surface area contributed by atoms with Gasteiger partial charge in [0.2, 0.25) is 0 Å². The van der Waals surface area contributed by atoms with E-state index < -0.39 is 0 Å². The number of hydrogen-bond acceptors (Lipinski definition) is 0. The SMILES string of the molecule is CCCCCCCCCCCC[NH3+].[Cl-].[Cl-].[Cl-]. The van der Waals surface area contributed by atoms with Crippen molar-refractivity contribution >= 4 is 0 Å². The third-order valence-electron chi connectivity index (χ3n) is 2.60. The van der Waals surface area contributed by atoms with Crippen molar-refractivity contribution in [2.45, 2.75) is 71.1 Å². The minimum atomic E-state index is 0. The Morgan fingerprint density at radius 2 is 0.875 bits per heavy atom. The first-order valence-corrected chi connectivity index (χ1v) is 6.21. The van der Waals surface area contributed by atoms with E-state index in [0.29, 0.717) is 0 Å². The van der Waals surface area contributed by atoms with E-state index >= 15 is 0 Å². The van der Waals surface area contributed by atoms with Gasteiger partial charge in [-0.15, -0.1) is 0 Å². The van der Waals surface area contributed by atoms with Crippen LogP contribution in [-0.4, -0.2) is 6.54 Å². The normalized spacial score (nSPS) is 8.62. The lowest BCUT2D eigenvalue weighted by atomic mass is 10.1. The third-order valence-corrected chi connectivity index (χ3v) is 2.60. The van der Waals surface area contributed by atoms with Crippen molar-refractivity contribution in [3.05, 3.63) is 0 Å². The largest absolute Gasteiger partial charge is 1.00 e. The predicted octanol–water partition coefficient (Wildman–Crippen LogP) is -5.84. The summed E-state index contributed by atoms with van der Waals surface area (Å²) < 4.78 is 0. The standard InChI is InChI=1S/C12H27N.3ClH/c1-2-3-4-5-6-7-8-9-10-11-12-13;;;/h2-13H2,1H3;3*1H/p-2. The minimum Gasteiger partial charge on any atom is -1.00 e. The average Bonchev–Trinajstić information content (AvgIpc) is 2.16. The summed E-state index contributed by atoms with van der Waals surface area (Å²) in [5.74, 6) is 0. The Morgan fingerprint density at radius 1 is 0.562 bits per heavy atom. The van der Waals surface area contributed by atoms with Crippen molar-refractivity contribution in [3.63, 3.8) is 0 Å². The van der Waals surface area contributed by atoms with Gasteiger partial charge in [0.1, 0.15) is 0 Å². The lowest BCUT2D eigenvalue weighted by Crippen LogP contribution is -3.00. The van der Waals surface area contributed by atoms with E-state index in [1.54, 1.807) is 0 Å². The van der Waals surface area contributed by atoms with E-state index in [2.05, 4.69) is 12.7 Å². The lowest BCUT2D eigenvalue weighted by Gasteiger charge is -2.00. The Kier molecular flexibility index (Phi) is 39.8. The molecule has 104 valence electrons. The summed E-state index contributed by atoms with van der Waals surface area (Å²) >= 11 is 0. The molecule has 3 N–H and O–H groups in total. The Bertz CT molecular complexity index is 82.3. The first-order chi connectivity index (χ1) is 6.41. The molecular formula is C12H28Cl3N-2. The van der Waals surface area contributed by atoms with Gasteiger partial charge in [-0.1, -0.05) is 58.3 Å². The van der Waals surface area contributed by atoms with Crippen molar-refractivity contribution in [2.24, 2.45) is 0 Å². The molecule has 0 fully saturated rings. The number of rotatable bonds is 10. The summed E-state index contributed by atoms with van der Waals surface area (Å²) in [4.78, 5) is 0. The second-order valence-electron chi connectivity index (χ2n) is 4.04. The molecular weight excluding hydrogens is 264 g/mol. The molecule has 0 aliphatic heterocycles. The zero-order chi connectivity index (χ0) is 9.78. The molecule has 0 aromatic heterocycles. The van der Waals surface area contributed by atoms with E-state index in [-0.39, 0.29) is 37.2 Å². The molecule has 0 saturated carbocycles. The summed E-state index contributed by atoms with van der Waals surface area (Å²) in [5, 5.41) is 0. The monoisotopic (exact) mass is 291 g/mol. The van der Waals surface area contributed by atoms with Crippen LogP contribution >= 0.6 is 0 Å². The molecule has 0 aliphatic rings. The van der Waals surface area contributed by atoms with E-state index in [4.69, 9.17) is 0 Å². The molecule has 1 nitrogen and oxygen atoms in total. The van der Waals surface area contributed by atoms with Crippen LogP contribution < -0.4 is 43.0 Å². The van der Waals surface area contributed by atoms with Gasteiger partial charge in [0.05, 0.1) is 6.54 Å². The van der Waals surface area contributed by atoms with E-state index in [0.717, 1.165) is 6.54 Å². The molecule has 16 heavy (non-hydrogen) atoms. The molecule has 0 unspecified atom stereocenters. The molecule has 0 rings (SSSR count). The first-order valence-electron chi connectivity index (χ1n) is 6.21. The van der Waals surface area contributed by atoms with E-state index in [1.807, 2.05) is 0 Å². The highest BCUT2D eigenvalue weighted by molar-refractivity contribution is 4.46. The molecule has 0 amide bonds. The highest BCUT2D eigenvalue weighted by Crippen LogP contribution is 2.09. The van der Waals surface area contributed by atoms with Gasteiger partial charge in [-0.3, -0.25) is 0 Å². The maximum atomic E-state index is 3.85. The number of hydrogen-bond donors (Lipinski definition) is 1. The van der Waals surface area contributed by atoms with Crippen LogP contribution in [0.5, 0.6) is 0 Å². The maximum Gasteiger partial charge on any atom is 0.0739 e. The van der Waals surface area contributed by atoms with Gasteiger partial charge in [-0.2, -0.15) is 0 Å². The molecule has 4 heteroatoms. The highest BCUT2D eigenvalue weighted by Gasteiger charge is 1.91. The number of unbranched alkanes of at least 4 members (excludes halogenated alkanes) is 9. The molecule has 0 aromatic carbocycles. The molecule has 0 aromatic rings. The zero-order valence-electron chi connectivity index (χ0n) is 10.6. The van der Waals surface area contributed by atoms with Crippen LogP contribution in [0.3, 0.4) is 0 Å². The third kappa shape index (κ3) is 24.2. The highest BCUT2D eigenvalue weighted by atomic mass is 35.5. The van der Waals surface area contributed by atoms with Crippen LogP contribution in [0.15, 0.2) is 0 Å². The fourth-order valence-electron chi connectivity index (χ4n) is 1.66. The lowest BCUT2D eigenvalue weighted by molar-refractivity contribution is -0.368. The zero-order valence-corrected chi connectivity index (χ0v) is 12.9. The number of halogens is 3. The van der Waals surface area contributed by atoms with Crippen molar-refractivity contribution in [2.75, 3.05) is 6.54 Å². The summed E-state index contributed by atoms with van der Waals surface area (Å²) in [6, 6.07) is 0. The molecule has 0 heterocycles. The Balaban J connectivity index is -0.000000240. The van der Waals surface area contributed by atoms with Crippen molar-refractivity contribution < 1.29 is 43.0 Å². The smallest absolute Gasteiger partial charge is 0.0739 e. The second-order valence-corrected chi connectivity index (χ2v) is 4.04. The molecule has 0 saturated heterocycles. The van der Waals surface area contributed by atoms with Crippen molar-refractivity contribution in [1.82, 2.24) is 0 Å². The quantitative estimate of drug-likeness (QED) is 0.389. The molecule has 0 bridgehead atoms. The predicted molar refractivity (Wildman–Crippen MR) is 59.6 cm³/mol. The first kappa shape index (κ1) is 25.6. The Hall–Kier alpha value is 0.830. The maximum absolute atomic E-state index is 3.85. The van der Waals surface area contributed by atoms with Gasteiger partial charge in [0, 0.05) is 0 Å². The van der Waals surface area contributed by atoms with Crippen LogP contribution in [0.1, 0.15) is 71.1 Å². The van der Waals surface area contributed by atoms with Gasteiger partial charge in [-0.05, 0) is 12.8 Å².